The molecule has 1 aliphatic rings. The van der Waals surface area contributed by atoms with E-state index in [1.165, 1.54) is 0 Å². The molecule has 1 unspecified atom stereocenters. The summed E-state index contributed by atoms with van der Waals surface area (Å²) in [6, 6.07) is 5.58. The SMILES string of the molecule is Cl.Clc1ccc(OC2CCNC2)c(Br)c1. The van der Waals surface area contributed by atoms with Crippen molar-refractivity contribution in [3.05, 3.63) is 27.7 Å². The highest BCUT2D eigenvalue weighted by Gasteiger charge is 2.16. The van der Waals surface area contributed by atoms with E-state index in [1.807, 2.05) is 18.2 Å². The number of benzene rings is 1. The summed E-state index contributed by atoms with van der Waals surface area (Å²) in [5.74, 6) is 0.864. The van der Waals surface area contributed by atoms with E-state index >= 15 is 0 Å². The molecule has 0 amide bonds. The van der Waals surface area contributed by atoms with E-state index < -0.39 is 0 Å². The van der Waals surface area contributed by atoms with Crippen molar-refractivity contribution in [3.8, 4) is 5.75 Å². The normalized spacial score (nSPS) is 19.7. The molecule has 1 aliphatic heterocycles. The molecule has 1 N–H and O–H groups in total. The van der Waals surface area contributed by atoms with Gasteiger partial charge in [-0.1, -0.05) is 11.6 Å². The van der Waals surface area contributed by atoms with Gasteiger partial charge in [-0.25, -0.2) is 0 Å². The molecule has 1 atom stereocenters. The summed E-state index contributed by atoms with van der Waals surface area (Å²) in [5, 5.41) is 3.97. The molecular formula is C10H12BrCl2NO. The maximum atomic E-state index is 5.84. The fourth-order valence-electron chi connectivity index (χ4n) is 1.48. The van der Waals surface area contributed by atoms with E-state index in [1.54, 1.807) is 0 Å². The van der Waals surface area contributed by atoms with Crippen LogP contribution in [0, 0.1) is 0 Å². The lowest BCUT2D eigenvalue weighted by Crippen LogP contribution is -2.19. The third kappa shape index (κ3) is 3.52. The summed E-state index contributed by atoms with van der Waals surface area (Å²) in [6.45, 7) is 1.96. The van der Waals surface area contributed by atoms with Crippen LogP contribution in [0.4, 0.5) is 0 Å². The van der Waals surface area contributed by atoms with Crippen molar-refractivity contribution >= 4 is 39.9 Å². The maximum Gasteiger partial charge on any atom is 0.134 e. The van der Waals surface area contributed by atoms with Crippen LogP contribution >= 0.6 is 39.9 Å². The molecule has 1 heterocycles. The summed E-state index contributed by atoms with van der Waals surface area (Å²) in [7, 11) is 0. The first-order valence-corrected chi connectivity index (χ1v) is 5.75. The van der Waals surface area contributed by atoms with Gasteiger partial charge in [-0.3, -0.25) is 0 Å². The highest BCUT2D eigenvalue weighted by molar-refractivity contribution is 9.10. The van der Waals surface area contributed by atoms with Crippen LogP contribution in [0.5, 0.6) is 5.75 Å². The number of hydrogen-bond donors (Lipinski definition) is 1. The first-order chi connectivity index (χ1) is 6.75. The molecule has 0 radical (unpaired) electrons. The van der Waals surface area contributed by atoms with Gasteiger partial charge in [0.2, 0.25) is 0 Å². The second-order valence-electron chi connectivity index (χ2n) is 3.31. The summed E-state index contributed by atoms with van der Waals surface area (Å²) < 4.78 is 6.71. The molecule has 5 heteroatoms. The van der Waals surface area contributed by atoms with E-state index in [4.69, 9.17) is 16.3 Å². The smallest absolute Gasteiger partial charge is 0.134 e. The minimum atomic E-state index is 0. The summed E-state index contributed by atoms with van der Waals surface area (Å²) in [4.78, 5) is 0. The average Bonchev–Trinajstić information content (AvgIpc) is 2.62. The van der Waals surface area contributed by atoms with Gasteiger partial charge in [-0.05, 0) is 47.1 Å². The van der Waals surface area contributed by atoms with Crippen molar-refractivity contribution in [2.75, 3.05) is 13.1 Å². The van der Waals surface area contributed by atoms with Gasteiger partial charge >= 0.3 is 0 Å². The maximum absolute atomic E-state index is 5.84. The predicted octanol–water partition coefficient (Wildman–Crippen LogP) is 3.27. The van der Waals surface area contributed by atoms with Crippen LogP contribution in [0.15, 0.2) is 22.7 Å². The van der Waals surface area contributed by atoms with E-state index in [-0.39, 0.29) is 18.5 Å². The Morgan fingerprint density at radius 2 is 2.27 bits per heavy atom. The topological polar surface area (TPSA) is 21.3 Å². The van der Waals surface area contributed by atoms with Gasteiger partial charge in [0.05, 0.1) is 4.47 Å². The Morgan fingerprint density at radius 1 is 1.47 bits per heavy atom. The number of rotatable bonds is 2. The second kappa shape index (κ2) is 5.94. The first-order valence-electron chi connectivity index (χ1n) is 4.58. The van der Waals surface area contributed by atoms with Gasteiger partial charge in [0.25, 0.3) is 0 Å². The third-order valence-electron chi connectivity index (χ3n) is 2.20. The lowest BCUT2D eigenvalue weighted by atomic mass is 10.3. The molecule has 15 heavy (non-hydrogen) atoms. The Balaban J connectivity index is 0.00000112. The zero-order chi connectivity index (χ0) is 9.97. The fraction of sp³-hybridized carbons (Fsp3) is 0.400. The fourth-order valence-corrected chi connectivity index (χ4v) is 2.26. The van der Waals surface area contributed by atoms with Gasteiger partial charge in [-0.15, -0.1) is 12.4 Å². The Hall–Kier alpha value is 0.0400. The Kier molecular flexibility index (Phi) is 5.19. The minimum absolute atomic E-state index is 0. The van der Waals surface area contributed by atoms with Crippen molar-refractivity contribution in [1.82, 2.24) is 5.32 Å². The van der Waals surface area contributed by atoms with Crippen molar-refractivity contribution in [2.24, 2.45) is 0 Å². The van der Waals surface area contributed by atoms with Gasteiger partial charge in [0.15, 0.2) is 0 Å². The highest BCUT2D eigenvalue weighted by Crippen LogP contribution is 2.29. The van der Waals surface area contributed by atoms with E-state index in [9.17, 15) is 0 Å². The summed E-state index contributed by atoms with van der Waals surface area (Å²) in [6.07, 6.45) is 1.35. The molecule has 0 saturated carbocycles. The zero-order valence-corrected chi connectivity index (χ0v) is 11.2. The predicted molar refractivity (Wildman–Crippen MR) is 68.3 cm³/mol. The van der Waals surface area contributed by atoms with Crippen LogP contribution in [-0.4, -0.2) is 19.2 Å². The van der Waals surface area contributed by atoms with Crippen molar-refractivity contribution in [3.63, 3.8) is 0 Å². The number of hydrogen-bond acceptors (Lipinski definition) is 2. The Morgan fingerprint density at radius 3 is 2.87 bits per heavy atom. The molecule has 0 bridgehead atoms. The minimum Gasteiger partial charge on any atom is -0.488 e. The molecule has 2 nitrogen and oxygen atoms in total. The number of nitrogens with one attached hydrogen (secondary N) is 1. The number of ether oxygens (including phenoxy) is 1. The van der Waals surface area contributed by atoms with Gasteiger partial charge in [-0.2, -0.15) is 0 Å². The van der Waals surface area contributed by atoms with Crippen molar-refractivity contribution in [2.45, 2.75) is 12.5 Å². The van der Waals surface area contributed by atoms with E-state index in [2.05, 4.69) is 21.2 Å². The van der Waals surface area contributed by atoms with Gasteiger partial charge in [0, 0.05) is 11.6 Å². The molecule has 84 valence electrons. The molecule has 1 saturated heterocycles. The quantitative estimate of drug-likeness (QED) is 0.905. The van der Waals surface area contributed by atoms with Crippen molar-refractivity contribution < 1.29 is 4.74 Å². The average molecular weight is 313 g/mol. The molecule has 0 aliphatic carbocycles. The van der Waals surface area contributed by atoms with Gasteiger partial charge < -0.3 is 10.1 Å². The lowest BCUT2D eigenvalue weighted by Gasteiger charge is -2.13. The van der Waals surface area contributed by atoms with Gasteiger partial charge in [0.1, 0.15) is 11.9 Å². The largest absolute Gasteiger partial charge is 0.488 e. The Labute approximate surface area is 109 Å². The second-order valence-corrected chi connectivity index (χ2v) is 4.60. The van der Waals surface area contributed by atoms with Crippen LogP contribution in [0.1, 0.15) is 6.42 Å². The summed E-state index contributed by atoms with van der Waals surface area (Å²) >= 11 is 9.26. The summed E-state index contributed by atoms with van der Waals surface area (Å²) in [5.41, 5.74) is 0. The molecule has 0 spiro atoms. The highest BCUT2D eigenvalue weighted by atomic mass is 79.9. The number of halogens is 3. The van der Waals surface area contributed by atoms with Crippen LogP contribution in [0.2, 0.25) is 5.02 Å². The lowest BCUT2D eigenvalue weighted by molar-refractivity contribution is 0.221. The third-order valence-corrected chi connectivity index (χ3v) is 3.06. The zero-order valence-electron chi connectivity index (χ0n) is 8.00. The molecular weight excluding hydrogens is 301 g/mol. The molecule has 0 aromatic heterocycles. The molecule has 1 aromatic rings. The Bertz CT molecular complexity index is 329. The van der Waals surface area contributed by atoms with Crippen molar-refractivity contribution in [1.29, 1.82) is 0 Å². The molecule has 1 aromatic carbocycles. The monoisotopic (exact) mass is 311 g/mol. The molecule has 2 rings (SSSR count). The van der Waals surface area contributed by atoms with Crippen LogP contribution in [0.3, 0.4) is 0 Å². The van der Waals surface area contributed by atoms with Crippen LogP contribution in [0.25, 0.3) is 0 Å². The molecule has 1 fully saturated rings. The van der Waals surface area contributed by atoms with Crippen LogP contribution in [-0.2, 0) is 0 Å². The van der Waals surface area contributed by atoms with Crippen LogP contribution < -0.4 is 10.1 Å². The van der Waals surface area contributed by atoms with E-state index in [0.717, 1.165) is 29.7 Å². The standard InChI is InChI=1S/C10H11BrClNO.ClH/c11-9-5-7(12)1-2-10(9)14-8-3-4-13-6-8;/h1-2,5,8,13H,3-4,6H2;1H. The van der Waals surface area contributed by atoms with E-state index in [0.29, 0.717) is 5.02 Å². The first kappa shape index (κ1) is 13.1.